The van der Waals surface area contributed by atoms with Crippen LogP contribution < -0.4 is 5.32 Å². The van der Waals surface area contributed by atoms with E-state index in [4.69, 9.17) is 0 Å². The van der Waals surface area contributed by atoms with Gasteiger partial charge in [0.05, 0.1) is 6.54 Å². The van der Waals surface area contributed by atoms with Crippen molar-refractivity contribution in [3.63, 3.8) is 0 Å². The van der Waals surface area contributed by atoms with E-state index in [-0.39, 0.29) is 11.8 Å². The lowest BCUT2D eigenvalue weighted by Gasteiger charge is -2.23. The topological polar surface area (TPSA) is 49.3 Å². The summed E-state index contributed by atoms with van der Waals surface area (Å²) in [7, 11) is 0. The molecule has 0 spiro atoms. The summed E-state index contributed by atoms with van der Waals surface area (Å²) in [6.45, 7) is 2.04. The van der Waals surface area contributed by atoms with E-state index in [1.165, 1.54) is 11.3 Å². The molecule has 1 aromatic heterocycles. The molecule has 3 nitrogen and oxygen atoms in total. The van der Waals surface area contributed by atoms with Crippen molar-refractivity contribution >= 4 is 17.2 Å². The van der Waals surface area contributed by atoms with Crippen molar-refractivity contribution in [2.24, 2.45) is 5.92 Å². The Hall–Kier alpha value is -0.870. The Bertz CT molecular complexity index is 367. The van der Waals surface area contributed by atoms with Crippen LogP contribution in [0.1, 0.15) is 37.5 Å². The molecule has 0 unspecified atom stereocenters. The molecule has 2 N–H and O–H groups in total. The minimum Gasteiger partial charge on any atom is -0.383 e. The third-order valence-electron chi connectivity index (χ3n) is 3.38. The predicted molar refractivity (Wildman–Crippen MR) is 68.9 cm³/mol. The van der Waals surface area contributed by atoms with Gasteiger partial charge in [-0.2, -0.15) is 0 Å². The summed E-state index contributed by atoms with van der Waals surface area (Å²) in [6.07, 6.45) is 4.29. The summed E-state index contributed by atoms with van der Waals surface area (Å²) in [5, 5.41) is 15.1. The van der Waals surface area contributed by atoms with Crippen molar-refractivity contribution in [3.05, 3.63) is 22.4 Å². The summed E-state index contributed by atoms with van der Waals surface area (Å²) >= 11 is 1.51. The van der Waals surface area contributed by atoms with Crippen LogP contribution in [-0.2, 0) is 10.4 Å². The first-order valence-corrected chi connectivity index (χ1v) is 7.01. The zero-order chi connectivity index (χ0) is 12.3. The lowest BCUT2D eigenvalue weighted by atomic mass is 10.0. The average Bonchev–Trinajstić information content (AvgIpc) is 2.97. The first-order valence-electron chi connectivity index (χ1n) is 6.14. The fourth-order valence-corrected chi connectivity index (χ4v) is 3.05. The fraction of sp³-hybridized carbons (Fsp3) is 0.615. The van der Waals surface area contributed by atoms with Crippen molar-refractivity contribution in [1.29, 1.82) is 0 Å². The molecule has 1 aliphatic carbocycles. The zero-order valence-corrected chi connectivity index (χ0v) is 10.9. The van der Waals surface area contributed by atoms with E-state index in [2.05, 4.69) is 5.32 Å². The Morgan fingerprint density at radius 3 is 2.88 bits per heavy atom. The molecule has 1 heterocycles. The van der Waals surface area contributed by atoms with Gasteiger partial charge in [0, 0.05) is 10.8 Å². The van der Waals surface area contributed by atoms with Gasteiger partial charge in [-0.25, -0.2) is 0 Å². The van der Waals surface area contributed by atoms with Crippen LogP contribution in [0.4, 0.5) is 0 Å². The zero-order valence-electron chi connectivity index (χ0n) is 10.1. The van der Waals surface area contributed by atoms with Crippen LogP contribution in [0.5, 0.6) is 0 Å². The molecule has 1 fully saturated rings. The summed E-state index contributed by atoms with van der Waals surface area (Å²) in [5.74, 6) is 0.258. The highest BCUT2D eigenvalue weighted by molar-refractivity contribution is 7.10. The highest BCUT2D eigenvalue weighted by Crippen LogP contribution is 2.26. The van der Waals surface area contributed by atoms with Gasteiger partial charge in [0.15, 0.2) is 0 Å². The maximum Gasteiger partial charge on any atom is 0.223 e. The van der Waals surface area contributed by atoms with Gasteiger partial charge in [-0.15, -0.1) is 11.3 Å². The van der Waals surface area contributed by atoms with Crippen LogP contribution in [0.25, 0.3) is 0 Å². The second-order valence-electron chi connectivity index (χ2n) is 4.95. The van der Waals surface area contributed by atoms with E-state index in [1.807, 2.05) is 17.5 Å². The van der Waals surface area contributed by atoms with Gasteiger partial charge in [-0.1, -0.05) is 18.9 Å². The summed E-state index contributed by atoms with van der Waals surface area (Å²) in [6, 6.07) is 3.81. The summed E-state index contributed by atoms with van der Waals surface area (Å²) in [4.78, 5) is 12.7. The van der Waals surface area contributed by atoms with E-state index in [1.54, 1.807) is 6.92 Å². The Labute approximate surface area is 106 Å². The normalized spacial score (nSPS) is 20.1. The Morgan fingerprint density at radius 1 is 1.59 bits per heavy atom. The number of hydrogen-bond donors (Lipinski definition) is 2. The van der Waals surface area contributed by atoms with Gasteiger partial charge in [-0.05, 0) is 31.2 Å². The number of amides is 1. The molecule has 1 amide bonds. The number of carbonyl (C=O) groups excluding carboxylic acids is 1. The Kier molecular flexibility index (Phi) is 3.84. The van der Waals surface area contributed by atoms with Gasteiger partial charge in [0.1, 0.15) is 5.60 Å². The van der Waals surface area contributed by atoms with Crippen LogP contribution in [-0.4, -0.2) is 17.6 Å². The fourth-order valence-electron chi connectivity index (χ4n) is 2.26. The second kappa shape index (κ2) is 5.19. The van der Waals surface area contributed by atoms with Crippen LogP contribution >= 0.6 is 11.3 Å². The molecule has 4 heteroatoms. The smallest absolute Gasteiger partial charge is 0.223 e. The summed E-state index contributed by atoms with van der Waals surface area (Å²) in [5.41, 5.74) is -0.956. The molecule has 17 heavy (non-hydrogen) atoms. The maximum atomic E-state index is 11.8. The number of nitrogens with one attached hydrogen (secondary N) is 1. The molecule has 1 saturated carbocycles. The number of thiophene rings is 1. The van der Waals surface area contributed by atoms with E-state index in [9.17, 15) is 9.90 Å². The molecule has 0 aliphatic heterocycles. The summed E-state index contributed by atoms with van der Waals surface area (Å²) < 4.78 is 0. The average molecular weight is 253 g/mol. The SMILES string of the molecule is C[C@](O)(CNC(=O)C1CCCC1)c1cccs1. The first-order chi connectivity index (χ1) is 8.09. The molecule has 1 aromatic rings. The molecule has 0 aromatic carbocycles. The molecule has 1 atom stereocenters. The van der Waals surface area contributed by atoms with Gasteiger partial charge < -0.3 is 10.4 Å². The largest absolute Gasteiger partial charge is 0.383 e. The van der Waals surface area contributed by atoms with Crippen molar-refractivity contribution in [3.8, 4) is 0 Å². The number of hydrogen-bond acceptors (Lipinski definition) is 3. The maximum absolute atomic E-state index is 11.8. The van der Waals surface area contributed by atoms with E-state index >= 15 is 0 Å². The van der Waals surface area contributed by atoms with Crippen LogP contribution in [0.3, 0.4) is 0 Å². The molecule has 2 rings (SSSR count). The lowest BCUT2D eigenvalue weighted by molar-refractivity contribution is -0.126. The van der Waals surface area contributed by atoms with Crippen molar-refractivity contribution in [1.82, 2.24) is 5.32 Å². The molecule has 0 saturated heterocycles. The minimum atomic E-state index is -0.956. The Balaban J connectivity index is 1.87. The standard InChI is InChI=1S/C13H19NO2S/c1-13(16,11-7-4-8-17-11)9-14-12(15)10-5-2-3-6-10/h4,7-8,10,16H,2-3,5-6,9H2,1H3,(H,14,15)/t13-/m0/s1. The van der Waals surface area contributed by atoms with Crippen molar-refractivity contribution < 1.29 is 9.90 Å². The van der Waals surface area contributed by atoms with Crippen molar-refractivity contribution in [2.75, 3.05) is 6.54 Å². The van der Waals surface area contributed by atoms with Gasteiger partial charge in [0.2, 0.25) is 5.91 Å². The number of rotatable bonds is 4. The quantitative estimate of drug-likeness (QED) is 0.864. The van der Waals surface area contributed by atoms with E-state index < -0.39 is 5.60 Å². The molecule has 0 radical (unpaired) electrons. The lowest BCUT2D eigenvalue weighted by Crippen LogP contribution is -2.40. The monoisotopic (exact) mass is 253 g/mol. The first kappa shape index (κ1) is 12.6. The van der Waals surface area contributed by atoms with Crippen LogP contribution in [0.2, 0.25) is 0 Å². The third-order valence-corrected chi connectivity index (χ3v) is 4.51. The van der Waals surface area contributed by atoms with E-state index in [0.717, 1.165) is 30.6 Å². The van der Waals surface area contributed by atoms with Gasteiger partial charge in [0.25, 0.3) is 0 Å². The van der Waals surface area contributed by atoms with Crippen LogP contribution in [0, 0.1) is 5.92 Å². The van der Waals surface area contributed by atoms with Crippen LogP contribution in [0.15, 0.2) is 17.5 Å². The van der Waals surface area contributed by atoms with E-state index in [0.29, 0.717) is 6.54 Å². The van der Waals surface area contributed by atoms with Gasteiger partial charge >= 0.3 is 0 Å². The highest BCUT2D eigenvalue weighted by atomic mass is 32.1. The highest BCUT2D eigenvalue weighted by Gasteiger charge is 2.28. The predicted octanol–water partition coefficient (Wildman–Crippen LogP) is 2.26. The number of carbonyl (C=O) groups is 1. The molecule has 0 bridgehead atoms. The minimum absolute atomic E-state index is 0.0966. The second-order valence-corrected chi connectivity index (χ2v) is 5.90. The molecular weight excluding hydrogens is 234 g/mol. The third kappa shape index (κ3) is 3.07. The molecular formula is C13H19NO2S. The Morgan fingerprint density at radius 2 is 2.29 bits per heavy atom. The molecule has 1 aliphatic rings. The van der Waals surface area contributed by atoms with Crippen molar-refractivity contribution in [2.45, 2.75) is 38.2 Å². The number of aliphatic hydroxyl groups is 1. The van der Waals surface area contributed by atoms with Gasteiger partial charge in [-0.3, -0.25) is 4.79 Å². The molecule has 94 valence electrons.